The average Bonchev–Trinajstić information content (AvgIpc) is 2.70. The zero-order chi connectivity index (χ0) is 19.3. The predicted molar refractivity (Wildman–Crippen MR) is 117 cm³/mol. The molecule has 0 bridgehead atoms. The summed E-state index contributed by atoms with van der Waals surface area (Å²) in [5.41, 5.74) is 1.23. The number of rotatable bonds is 20. The van der Waals surface area contributed by atoms with Gasteiger partial charge in [0.05, 0.1) is 19.8 Å². The van der Waals surface area contributed by atoms with Crippen LogP contribution < -0.4 is 0 Å². The Kier molecular flexibility index (Phi) is 17.8. The van der Waals surface area contributed by atoms with E-state index in [2.05, 4.69) is 19.1 Å². The molecule has 0 unspecified atom stereocenters. The molecule has 0 aliphatic carbocycles. The topological polar surface area (TPSA) is 18.5 Å². The summed E-state index contributed by atoms with van der Waals surface area (Å²) in [5.74, 6) is 0. The Morgan fingerprint density at radius 1 is 0.519 bits per heavy atom. The van der Waals surface area contributed by atoms with Gasteiger partial charge in [-0.15, -0.1) is 0 Å². The molecular weight excluding hydrogens is 332 g/mol. The summed E-state index contributed by atoms with van der Waals surface area (Å²) in [6.07, 6.45) is 19.6. The lowest BCUT2D eigenvalue weighted by atomic mass is 10.0. The second-order valence-corrected chi connectivity index (χ2v) is 7.75. The molecule has 0 heterocycles. The lowest BCUT2D eigenvalue weighted by Crippen LogP contribution is -2.05. The van der Waals surface area contributed by atoms with Gasteiger partial charge in [-0.1, -0.05) is 121 Å². The Morgan fingerprint density at radius 2 is 1.00 bits per heavy atom. The number of hydrogen-bond donors (Lipinski definition) is 0. The first kappa shape index (κ1) is 24.2. The molecule has 0 saturated heterocycles. The third-order valence-corrected chi connectivity index (χ3v) is 5.13. The summed E-state index contributed by atoms with van der Waals surface area (Å²) in [6, 6.07) is 10.3. The summed E-state index contributed by atoms with van der Waals surface area (Å²) in [7, 11) is 0. The minimum absolute atomic E-state index is 0.684. The molecule has 0 saturated carbocycles. The molecule has 1 rings (SSSR count). The number of hydrogen-bond acceptors (Lipinski definition) is 2. The highest BCUT2D eigenvalue weighted by atomic mass is 16.5. The lowest BCUT2D eigenvalue weighted by Gasteiger charge is -2.06. The largest absolute Gasteiger partial charge is 0.379 e. The van der Waals surface area contributed by atoms with Crippen LogP contribution in [-0.4, -0.2) is 19.8 Å². The highest BCUT2D eigenvalue weighted by Gasteiger charge is 1.95. The first-order chi connectivity index (χ1) is 13.4. The van der Waals surface area contributed by atoms with E-state index in [0.29, 0.717) is 19.8 Å². The lowest BCUT2D eigenvalue weighted by molar-refractivity contribution is 0.0392. The van der Waals surface area contributed by atoms with E-state index >= 15 is 0 Å². The van der Waals surface area contributed by atoms with Crippen LogP contribution in [0.2, 0.25) is 0 Å². The normalized spacial score (nSPS) is 11.1. The van der Waals surface area contributed by atoms with Crippen LogP contribution in [0.1, 0.15) is 102 Å². The third kappa shape index (κ3) is 17.0. The van der Waals surface area contributed by atoms with Gasteiger partial charge in [0.15, 0.2) is 0 Å². The maximum Gasteiger partial charge on any atom is 0.0718 e. The fourth-order valence-corrected chi connectivity index (χ4v) is 3.38. The van der Waals surface area contributed by atoms with Crippen molar-refractivity contribution in [1.29, 1.82) is 0 Å². The summed E-state index contributed by atoms with van der Waals surface area (Å²) in [5, 5.41) is 0. The minimum Gasteiger partial charge on any atom is -0.379 e. The molecule has 0 aromatic heterocycles. The molecule has 27 heavy (non-hydrogen) atoms. The van der Waals surface area contributed by atoms with Crippen molar-refractivity contribution in [3.63, 3.8) is 0 Å². The Labute approximate surface area is 169 Å². The van der Waals surface area contributed by atoms with Crippen molar-refractivity contribution in [2.24, 2.45) is 0 Å². The molecule has 2 nitrogen and oxygen atoms in total. The number of ether oxygens (including phenoxy) is 2. The Morgan fingerprint density at radius 3 is 1.56 bits per heavy atom. The smallest absolute Gasteiger partial charge is 0.0718 e. The van der Waals surface area contributed by atoms with E-state index in [4.69, 9.17) is 9.47 Å². The summed E-state index contributed by atoms with van der Waals surface area (Å²) in [4.78, 5) is 0. The molecule has 156 valence electrons. The first-order valence-corrected chi connectivity index (χ1v) is 11.6. The fourth-order valence-electron chi connectivity index (χ4n) is 3.38. The molecular formula is C25H44O2. The highest BCUT2D eigenvalue weighted by molar-refractivity contribution is 5.13. The van der Waals surface area contributed by atoms with Gasteiger partial charge in [-0.2, -0.15) is 0 Å². The summed E-state index contributed by atoms with van der Waals surface area (Å²) < 4.78 is 11.3. The van der Waals surface area contributed by atoms with Crippen molar-refractivity contribution >= 4 is 0 Å². The number of benzene rings is 1. The van der Waals surface area contributed by atoms with Gasteiger partial charge in [-0.25, -0.2) is 0 Å². The van der Waals surface area contributed by atoms with Crippen LogP contribution in [0, 0.1) is 0 Å². The van der Waals surface area contributed by atoms with Crippen LogP contribution >= 0.6 is 0 Å². The molecule has 2 heteroatoms. The standard InChI is InChI=1S/C25H44O2/c1-2-3-4-5-6-7-8-9-10-11-12-13-14-18-21-26-22-23-27-24-25-19-16-15-17-20-25/h15-17,19-20H,2-14,18,21-24H2,1H3. The molecule has 0 spiro atoms. The fraction of sp³-hybridized carbons (Fsp3) is 0.760. The summed E-state index contributed by atoms with van der Waals surface area (Å²) >= 11 is 0. The van der Waals surface area contributed by atoms with Crippen molar-refractivity contribution in [3.05, 3.63) is 35.9 Å². The molecule has 0 fully saturated rings. The van der Waals surface area contributed by atoms with Crippen LogP contribution in [0.3, 0.4) is 0 Å². The SMILES string of the molecule is CCCCCCCCCCCCCCCCOCCOCc1ccccc1. The third-order valence-electron chi connectivity index (χ3n) is 5.13. The van der Waals surface area contributed by atoms with Crippen molar-refractivity contribution in [2.75, 3.05) is 19.8 Å². The van der Waals surface area contributed by atoms with Crippen LogP contribution in [0.4, 0.5) is 0 Å². The van der Waals surface area contributed by atoms with Crippen LogP contribution in [0.25, 0.3) is 0 Å². The molecule has 1 aromatic rings. The van der Waals surface area contributed by atoms with Gasteiger partial charge in [-0.05, 0) is 12.0 Å². The predicted octanol–water partition coefficient (Wildman–Crippen LogP) is 7.70. The zero-order valence-electron chi connectivity index (χ0n) is 17.9. The van der Waals surface area contributed by atoms with Crippen LogP contribution in [0.5, 0.6) is 0 Å². The zero-order valence-corrected chi connectivity index (χ0v) is 17.9. The maximum absolute atomic E-state index is 5.65. The van der Waals surface area contributed by atoms with Gasteiger partial charge in [0, 0.05) is 6.61 Å². The quantitative estimate of drug-likeness (QED) is 0.217. The van der Waals surface area contributed by atoms with E-state index < -0.39 is 0 Å². The van der Waals surface area contributed by atoms with Gasteiger partial charge in [0.2, 0.25) is 0 Å². The Bertz CT molecular complexity index is 391. The minimum atomic E-state index is 0.684. The highest BCUT2D eigenvalue weighted by Crippen LogP contribution is 2.12. The molecule has 0 aliphatic rings. The molecule has 0 radical (unpaired) electrons. The van der Waals surface area contributed by atoms with Gasteiger partial charge >= 0.3 is 0 Å². The molecule has 0 amide bonds. The van der Waals surface area contributed by atoms with Crippen molar-refractivity contribution in [1.82, 2.24) is 0 Å². The van der Waals surface area contributed by atoms with E-state index in [1.54, 1.807) is 0 Å². The summed E-state index contributed by atoms with van der Waals surface area (Å²) in [6.45, 7) is 5.25. The Hall–Kier alpha value is -0.860. The average molecular weight is 377 g/mol. The van der Waals surface area contributed by atoms with Gasteiger partial charge in [0.1, 0.15) is 0 Å². The van der Waals surface area contributed by atoms with E-state index in [9.17, 15) is 0 Å². The van der Waals surface area contributed by atoms with Gasteiger partial charge in [0.25, 0.3) is 0 Å². The maximum atomic E-state index is 5.65. The van der Waals surface area contributed by atoms with E-state index in [1.807, 2.05) is 18.2 Å². The van der Waals surface area contributed by atoms with Crippen molar-refractivity contribution in [3.8, 4) is 0 Å². The van der Waals surface area contributed by atoms with E-state index in [0.717, 1.165) is 6.61 Å². The molecule has 0 N–H and O–H groups in total. The van der Waals surface area contributed by atoms with Crippen molar-refractivity contribution < 1.29 is 9.47 Å². The molecule has 1 aromatic carbocycles. The van der Waals surface area contributed by atoms with Crippen molar-refractivity contribution in [2.45, 2.75) is 103 Å². The van der Waals surface area contributed by atoms with E-state index in [1.165, 1.54) is 95.5 Å². The molecule has 0 atom stereocenters. The Balaban J connectivity index is 1.67. The van der Waals surface area contributed by atoms with Gasteiger partial charge in [-0.3, -0.25) is 0 Å². The molecule has 0 aliphatic heterocycles. The first-order valence-electron chi connectivity index (χ1n) is 11.6. The second-order valence-electron chi connectivity index (χ2n) is 7.75. The van der Waals surface area contributed by atoms with Gasteiger partial charge < -0.3 is 9.47 Å². The second kappa shape index (κ2) is 19.9. The van der Waals surface area contributed by atoms with Crippen LogP contribution in [-0.2, 0) is 16.1 Å². The van der Waals surface area contributed by atoms with E-state index in [-0.39, 0.29) is 0 Å². The van der Waals surface area contributed by atoms with Crippen LogP contribution in [0.15, 0.2) is 30.3 Å². The number of unbranched alkanes of at least 4 members (excludes halogenated alkanes) is 13. The monoisotopic (exact) mass is 376 g/mol.